The summed E-state index contributed by atoms with van der Waals surface area (Å²) in [7, 11) is 0. The Hall–Kier alpha value is -1.23. The van der Waals surface area contributed by atoms with E-state index in [1.807, 2.05) is 4.98 Å². The average Bonchev–Trinajstić information content (AvgIpc) is 2.16. The number of H-pyrrole nitrogens is 1. The molecule has 0 aliphatic rings. The first-order valence-corrected chi connectivity index (χ1v) is 4.19. The van der Waals surface area contributed by atoms with Gasteiger partial charge in [-0.1, -0.05) is 0 Å². The van der Waals surface area contributed by atoms with E-state index in [9.17, 15) is 18.4 Å². The van der Waals surface area contributed by atoms with Crippen molar-refractivity contribution < 1.29 is 13.6 Å². The molecule has 1 rings (SSSR count). The van der Waals surface area contributed by atoms with Gasteiger partial charge in [0.15, 0.2) is 6.29 Å². The highest BCUT2D eigenvalue weighted by Crippen LogP contribution is 2.17. The van der Waals surface area contributed by atoms with Crippen molar-refractivity contribution >= 4 is 17.9 Å². The van der Waals surface area contributed by atoms with Gasteiger partial charge in [0.25, 0.3) is 12.0 Å². The second-order valence-electron chi connectivity index (χ2n) is 2.54. The highest BCUT2D eigenvalue weighted by Gasteiger charge is 2.15. The Morgan fingerprint density at radius 3 is 2.64 bits per heavy atom. The van der Waals surface area contributed by atoms with Crippen molar-refractivity contribution in [3.05, 3.63) is 33.2 Å². The maximum atomic E-state index is 12.2. The molecule has 1 N–H and O–H groups in total. The minimum absolute atomic E-state index is 0.0607. The normalized spacial score (nSPS) is 10.6. The zero-order valence-electron chi connectivity index (χ0n) is 6.89. The fraction of sp³-hybridized carbons (Fsp3) is 0.250. The van der Waals surface area contributed by atoms with Gasteiger partial charge in [0.1, 0.15) is 0 Å². The monoisotopic (exact) mass is 221 g/mol. The molecule has 0 atom stereocenters. The summed E-state index contributed by atoms with van der Waals surface area (Å²) in [6.07, 6.45) is -2.50. The summed E-state index contributed by atoms with van der Waals surface area (Å²) >= 11 is 5.41. The zero-order valence-corrected chi connectivity index (χ0v) is 7.65. The minimum Gasteiger partial charge on any atom is -0.319 e. The summed E-state index contributed by atoms with van der Waals surface area (Å²) in [6.45, 7) is 0. The number of aldehydes is 1. The second kappa shape index (κ2) is 4.32. The van der Waals surface area contributed by atoms with Crippen LogP contribution >= 0.6 is 11.6 Å². The Kier molecular flexibility index (Phi) is 3.35. The Bertz CT molecular complexity index is 403. The predicted molar refractivity (Wildman–Crippen MR) is 47.0 cm³/mol. The largest absolute Gasteiger partial charge is 0.319 e. The molecule has 1 heterocycles. The molecule has 0 fully saturated rings. The smallest absolute Gasteiger partial charge is 0.269 e. The fourth-order valence-corrected chi connectivity index (χ4v) is 1.20. The lowest BCUT2D eigenvalue weighted by molar-refractivity contribution is 0.111. The van der Waals surface area contributed by atoms with E-state index in [4.69, 9.17) is 11.6 Å². The average molecular weight is 222 g/mol. The first-order valence-electron chi connectivity index (χ1n) is 3.65. The third kappa shape index (κ3) is 1.98. The molecule has 0 saturated carbocycles. The number of alkyl halides is 3. The summed E-state index contributed by atoms with van der Waals surface area (Å²) in [5.41, 5.74) is -1.51. The molecule has 0 aliphatic carbocycles. The van der Waals surface area contributed by atoms with Crippen molar-refractivity contribution in [2.24, 2.45) is 0 Å². The van der Waals surface area contributed by atoms with E-state index in [-0.39, 0.29) is 17.1 Å². The number of nitrogens with one attached hydrogen (secondary N) is 1. The van der Waals surface area contributed by atoms with Crippen molar-refractivity contribution in [3.63, 3.8) is 0 Å². The summed E-state index contributed by atoms with van der Waals surface area (Å²) in [5, 5.41) is 0. The number of carbonyl (C=O) groups excluding carboxylic acids is 1. The van der Waals surface area contributed by atoms with Crippen LogP contribution in [0.2, 0.25) is 0 Å². The second-order valence-corrected chi connectivity index (χ2v) is 2.81. The topological polar surface area (TPSA) is 49.9 Å². The van der Waals surface area contributed by atoms with Gasteiger partial charge in [-0.05, 0) is 11.6 Å². The van der Waals surface area contributed by atoms with Crippen LogP contribution in [0.5, 0.6) is 0 Å². The van der Waals surface area contributed by atoms with Gasteiger partial charge < -0.3 is 4.98 Å². The molecule has 3 nitrogen and oxygen atoms in total. The van der Waals surface area contributed by atoms with Crippen molar-refractivity contribution in [1.82, 2.24) is 4.98 Å². The van der Waals surface area contributed by atoms with E-state index >= 15 is 0 Å². The van der Waals surface area contributed by atoms with Gasteiger partial charge in [-0.2, -0.15) is 0 Å². The Morgan fingerprint density at radius 2 is 2.21 bits per heavy atom. The van der Waals surface area contributed by atoms with E-state index in [0.29, 0.717) is 6.29 Å². The summed E-state index contributed by atoms with van der Waals surface area (Å²) in [6, 6.07) is 0.945. The lowest BCUT2D eigenvalue weighted by Crippen LogP contribution is -2.16. The lowest BCUT2D eigenvalue weighted by Gasteiger charge is -2.03. The van der Waals surface area contributed by atoms with Gasteiger partial charge >= 0.3 is 0 Å². The molecular weight excluding hydrogens is 216 g/mol. The number of carbonyl (C=O) groups is 1. The number of aromatic nitrogens is 1. The molecule has 6 heteroatoms. The Balaban J connectivity index is 3.38. The van der Waals surface area contributed by atoms with E-state index in [2.05, 4.69) is 0 Å². The SMILES string of the molecule is O=Cc1[nH]c(=O)c(C(F)F)cc1CCl. The van der Waals surface area contributed by atoms with E-state index in [1.54, 1.807) is 0 Å². The minimum atomic E-state index is -2.87. The van der Waals surface area contributed by atoms with Gasteiger partial charge in [0.05, 0.1) is 11.3 Å². The van der Waals surface area contributed by atoms with Gasteiger partial charge in [-0.15, -0.1) is 11.6 Å². The molecule has 0 unspecified atom stereocenters. The summed E-state index contributed by atoms with van der Waals surface area (Å²) in [4.78, 5) is 23.4. The Labute approximate surface area is 82.7 Å². The first kappa shape index (κ1) is 10.8. The van der Waals surface area contributed by atoms with Crippen molar-refractivity contribution in [2.75, 3.05) is 0 Å². The number of pyridine rings is 1. The highest BCUT2D eigenvalue weighted by molar-refractivity contribution is 6.17. The van der Waals surface area contributed by atoms with Crippen LogP contribution in [0.4, 0.5) is 8.78 Å². The molecule has 0 aliphatic heterocycles. The molecule has 0 spiro atoms. The van der Waals surface area contributed by atoms with Crippen molar-refractivity contribution in [3.8, 4) is 0 Å². The number of hydrogen-bond acceptors (Lipinski definition) is 2. The summed E-state index contributed by atoms with van der Waals surface area (Å²) < 4.78 is 24.5. The molecule has 76 valence electrons. The van der Waals surface area contributed by atoms with Gasteiger partial charge in [-0.25, -0.2) is 8.78 Å². The van der Waals surface area contributed by atoms with Crippen LogP contribution in [-0.2, 0) is 5.88 Å². The van der Waals surface area contributed by atoms with Crippen molar-refractivity contribution in [1.29, 1.82) is 0 Å². The highest BCUT2D eigenvalue weighted by atomic mass is 35.5. The molecule has 0 bridgehead atoms. The molecule has 14 heavy (non-hydrogen) atoms. The standard InChI is InChI=1S/C8H6ClF2NO2/c9-2-4-1-5(7(10)11)8(14)12-6(4)3-13/h1,3,7H,2H2,(H,12,14). The molecule has 1 aromatic heterocycles. The van der Waals surface area contributed by atoms with Gasteiger partial charge in [0, 0.05) is 5.88 Å². The van der Waals surface area contributed by atoms with Crippen LogP contribution in [0.15, 0.2) is 10.9 Å². The van der Waals surface area contributed by atoms with Crippen LogP contribution in [0.3, 0.4) is 0 Å². The fourth-order valence-electron chi connectivity index (χ4n) is 0.984. The quantitative estimate of drug-likeness (QED) is 0.626. The third-order valence-corrected chi connectivity index (χ3v) is 1.97. The maximum absolute atomic E-state index is 12.2. The zero-order chi connectivity index (χ0) is 10.7. The third-order valence-electron chi connectivity index (χ3n) is 1.68. The van der Waals surface area contributed by atoms with E-state index < -0.39 is 17.5 Å². The van der Waals surface area contributed by atoms with E-state index in [0.717, 1.165) is 6.07 Å². The number of halogens is 3. The van der Waals surface area contributed by atoms with Crippen LogP contribution in [0.1, 0.15) is 28.0 Å². The molecular formula is C8H6ClF2NO2. The van der Waals surface area contributed by atoms with Crippen LogP contribution in [-0.4, -0.2) is 11.3 Å². The van der Waals surface area contributed by atoms with E-state index in [1.165, 1.54) is 0 Å². The van der Waals surface area contributed by atoms with Crippen LogP contribution in [0.25, 0.3) is 0 Å². The lowest BCUT2D eigenvalue weighted by atomic mass is 10.1. The predicted octanol–water partition coefficient (Wildman–Crippen LogP) is 1.86. The van der Waals surface area contributed by atoms with Gasteiger partial charge in [-0.3, -0.25) is 9.59 Å². The summed E-state index contributed by atoms with van der Waals surface area (Å²) in [5.74, 6) is -0.107. The maximum Gasteiger partial charge on any atom is 0.269 e. The number of aromatic amines is 1. The Morgan fingerprint density at radius 1 is 1.57 bits per heavy atom. The molecule has 0 saturated heterocycles. The van der Waals surface area contributed by atoms with Crippen LogP contribution in [0, 0.1) is 0 Å². The molecule has 0 aromatic carbocycles. The molecule has 0 radical (unpaired) electrons. The van der Waals surface area contributed by atoms with Gasteiger partial charge in [0.2, 0.25) is 0 Å². The number of hydrogen-bond donors (Lipinski definition) is 1. The molecule has 1 aromatic rings. The van der Waals surface area contributed by atoms with Crippen LogP contribution < -0.4 is 5.56 Å². The first-order chi connectivity index (χ1) is 6.60. The van der Waals surface area contributed by atoms with Crippen molar-refractivity contribution in [2.45, 2.75) is 12.3 Å². The molecule has 0 amide bonds. The number of rotatable bonds is 3.